The fourth-order valence-electron chi connectivity index (χ4n) is 3.35. The number of hydrogen-bond donors (Lipinski definition) is 0. The molecule has 0 aliphatic carbocycles. The van der Waals surface area contributed by atoms with Crippen LogP contribution in [-0.4, -0.2) is 43.4 Å². The molecule has 1 heterocycles. The first kappa shape index (κ1) is 22.4. The zero-order valence-corrected chi connectivity index (χ0v) is 18.5. The van der Waals surface area contributed by atoms with Crippen molar-refractivity contribution in [3.05, 3.63) is 70.8 Å². The van der Waals surface area contributed by atoms with Gasteiger partial charge >= 0.3 is 0 Å². The molecule has 1 fully saturated rings. The van der Waals surface area contributed by atoms with E-state index in [4.69, 9.17) is 16.3 Å². The van der Waals surface area contributed by atoms with E-state index in [1.165, 1.54) is 6.08 Å². The van der Waals surface area contributed by atoms with Crippen molar-refractivity contribution in [1.82, 2.24) is 4.90 Å². The highest BCUT2D eigenvalue weighted by Crippen LogP contribution is 2.22. The van der Waals surface area contributed by atoms with E-state index in [1.54, 1.807) is 23.1 Å². The first-order valence-corrected chi connectivity index (χ1v) is 12.2. The second-order valence-corrected chi connectivity index (χ2v) is 10.1. The average molecular weight is 448 g/mol. The Labute approximate surface area is 183 Å². The summed E-state index contributed by atoms with van der Waals surface area (Å²) in [6.45, 7) is 3.04. The van der Waals surface area contributed by atoms with Crippen molar-refractivity contribution in [2.24, 2.45) is 0 Å². The molecule has 0 spiro atoms. The van der Waals surface area contributed by atoms with Gasteiger partial charge in [0.15, 0.2) is 9.84 Å². The topological polar surface area (TPSA) is 63.7 Å². The van der Waals surface area contributed by atoms with Crippen LogP contribution in [0.25, 0.3) is 6.08 Å². The number of benzene rings is 2. The standard InChI is InChI=1S/C23H26ClNO4S/c1-2-14-29-22-10-5-19(6-11-22)16-25(21-13-15-30(27,28)17-21)23(26)12-7-18-3-8-20(24)9-4-18/h3-12,21H,2,13-17H2,1H3/b12-7+. The lowest BCUT2D eigenvalue weighted by atomic mass is 10.1. The Morgan fingerprint density at radius 3 is 2.47 bits per heavy atom. The summed E-state index contributed by atoms with van der Waals surface area (Å²) in [5.41, 5.74) is 1.78. The summed E-state index contributed by atoms with van der Waals surface area (Å²) >= 11 is 5.90. The van der Waals surface area contributed by atoms with E-state index in [2.05, 4.69) is 0 Å². The molecule has 0 aromatic heterocycles. The normalized spacial score (nSPS) is 17.9. The molecule has 3 rings (SSSR count). The minimum absolute atomic E-state index is 0.00518. The molecule has 0 bridgehead atoms. The summed E-state index contributed by atoms with van der Waals surface area (Å²) in [7, 11) is -3.11. The van der Waals surface area contributed by atoms with Gasteiger partial charge in [-0.05, 0) is 54.3 Å². The second-order valence-electron chi connectivity index (χ2n) is 7.40. The number of halogens is 1. The molecule has 1 unspecified atom stereocenters. The third-order valence-corrected chi connectivity index (χ3v) is 6.97. The van der Waals surface area contributed by atoms with E-state index in [-0.39, 0.29) is 23.5 Å². The van der Waals surface area contributed by atoms with Gasteiger partial charge in [-0.25, -0.2) is 8.42 Å². The van der Waals surface area contributed by atoms with Crippen LogP contribution in [0.5, 0.6) is 5.75 Å². The number of ether oxygens (including phenoxy) is 1. The van der Waals surface area contributed by atoms with Crippen molar-refractivity contribution < 1.29 is 17.9 Å². The minimum Gasteiger partial charge on any atom is -0.494 e. The number of nitrogens with zero attached hydrogens (tertiary/aromatic N) is 1. The molecule has 1 atom stereocenters. The Hall–Kier alpha value is -2.31. The second kappa shape index (κ2) is 10.1. The van der Waals surface area contributed by atoms with Crippen molar-refractivity contribution in [2.45, 2.75) is 32.4 Å². The lowest BCUT2D eigenvalue weighted by Gasteiger charge is -2.27. The summed E-state index contributed by atoms with van der Waals surface area (Å²) in [6, 6.07) is 14.4. The number of hydrogen-bond acceptors (Lipinski definition) is 4. The van der Waals surface area contributed by atoms with Crippen molar-refractivity contribution in [2.75, 3.05) is 18.1 Å². The van der Waals surface area contributed by atoms with Crippen LogP contribution in [0.4, 0.5) is 0 Å². The van der Waals surface area contributed by atoms with Gasteiger partial charge in [0, 0.05) is 23.7 Å². The smallest absolute Gasteiger partial charge is 0.247 e. The molecule has 0 radical (unpaired) electrons. The number of amides is 1. The van der Waals surface area contributed by atoms with Crippen LogP contribution in [0.3, 0.4) is 0 Å². The monoisotopic (exact) mass is 447 g/mol. The number of carbonyl (C=O) groups excluding carboxylic acids is 1. The SMILES string of the molecule is CCCOc1ccc(CN(C(=O)/C=C/c2ccc(Cl)cc2)C2CCS(=O)(=O)C2)cc1. The van der Waals surface area contributed by atoms with E-state index >= 15 is 0 Å². The van der Waals surface area contributed by atoms with E-state index in [1.807, 2.05) is 43.3 Å². The van der Waals surface area contributed by atoms with Gasteiger partial charge in [-0.1, -0.05) is 42.8 Å². The predicted octanol–water partition coefficient (Wildman–Crippen LogP) is 4.36. The highest BCUT2D eigenvalue weighted by atomic mass is 35.5. The molecular weight excluding hydrogens is 422 g/mol. The first-order chi connectivity index (χ1) is 14.4. The van der Waals surface area contributed by atoms with Crippen LogP contribution >= 0.6 is 11.6 Å². The third-order valence-electron chi connectivity index (χ3n) is 4.97. The maximum Gasteiger partial charge on any atom is 0.247 e. The van der Waals surface area contributed by atoms with Gasteiger partial charge in [-0.3, -0.25) is 4.79 Å². The number of carbonyl (C=O) groups is 1. The Kier molecular flexibility index (Phi) is 7.56. The molecule has 1 aliphatic heterocycles. The lowest BCUT2D eigenvalue weighted by molar-refractivity contribution is -0.128. The Balaban J connectivity index is 1.76. The van der Waals surface area contributed by atoms with Gasteiger partial charge in [-0.15, -0.1) is 0 Å². The van der Waals surface area contributed by atoms with Gasteiger partial charge in [0.25, 0.3) is 0 Å². The summed E-state index contributed by atoms with van der Waals surface area (Å²) in [5, 5.41) is 0.627. The van der Waals surface area contributed by atoms with Crippen LogP contribution in [0.2, 0.25) is 5.02 Å². The maximum atomic E-state index is 13.0. The molecule has 7 heteroatoms. The minimum atomic E-state index is -3.11. The maximum absolute atomic E-state index is 13.0. The molecule has 2 aromatic rings. The Bertz CT molecular complexity index is 985. The predicted molar refractivity (Wildman–Crippen MR) is 120 cm³/mol. The quantitative estimate of drug-likeness (QED) is 0.564. The van der Waals surface area contributed by atoms with Gasteiger partial charge in [-0.2, -0.15) is 0 Å². The average Bonchev–Trinajstić information content (AvgIpc) is 3.10. The molecule has 1 amide bonds. The van der Waals surface area contributed by atoms with Crippen molar-refractivity contribution in [3.63, 3.8) is 0 Å². The summed E-state index contributed by atoms with van der Waals surface area (Å²) in [5.74, 6) is 0.695. The molecule has 1 aliphatic rings. The van der Waals surface area contributed by atoms with Gasteiger partial charge in [0.1, 0.15) is 5.75 Å². The zero-order chi connectivity index (χ0) is 21.6. The van der Waals surface area contributed by atoms with Crippen molar-refractivity contribution >= 4 is 33.4 Å². The van der Waals surface area contributed by atoms with Crippen LogP contribution in [0, 0.1) is 0 Å². The van der Waals surface area contributed by atoms with E-state index in [0.29, 0.717) is 24.6 Å². The van der Waals surface area contributed by atoms with Crippen LogP contribution < -0.4 is 4.74 Å². The van der Waals surface area contributed by atoms with Crippen LogP contribution in [0.15, 0.2) is 54.6 Å². The first-order valence-electron chi connectivity index (χ1n) is 10.0. The Morgan fingerprint density at radius 2 is 1.87 bits per heavy atom. The third kappa shape index (κ3) is 6.34. The molecule has 160 valence electrons. The molecular formula is C23H26ClNO4S. The Morgan fingerprint density at radius 1 is 1.17 bits per heavy atom. The summed E-state index contributed by atoms with van der Waals surface area (Å²) in [6.07, 6.45) is 4.60. The lowest BCUT2D eigenvalue weighted by Crippen LogP contribution is -2.39. The van der Waals surface area contributed by atoms with Crippen molar-refractivity contribution in [3.8, 4) is 5.75 Å². The molecule has 0 saturated carbocycles. The fraction of sp³-hybridized carbons (Fsp3) is 0.348. The summed E-state index contributed by atoms with van der Waals surface area (Å²) in [4.78, 5) is 14.6. The van der Waals surface area contributed by atoms with Crippen molar-refractivity contribution in [1.29, 1.82) is 0 Å². The fourth-order valence-corrected chi connectivity index (χ4v) is 5.21. The molecule has 30 heavy (non-hydrogen) atoms. The number of rotatable bonds is 8. The van der Waals surface area contributed by atoms with Crippen LogP contribution in [-0.2, 0) is 21.2 Å². The van der Waals surface area contributed by atoms with Gasteiger partial charge in [0.2, 0.25) is 5.91 Å². The van der Waals surface area contributed by atoms with Crippen LogP contribution in [0.1, 0.15) is 30.9 Å². The number of sulfone groups is 1. The van der Waals surface area contributed by atoms with E-state index in [0.717, 1.165) is 23.3 Å². The molecule has 0 N–H and O–H groups in total. The van der Waals surface area contributed by atoms with E-state index < -0.39 is 9.84 Å². The molecule has 5 nitrogen and oxygen atoms in total. The highest BCUT2D eigenvalue weighted by Gasteiger charge is 2.34. The molecule has 1 saturated heterocycles. The van der Waals surface area contributed by atoms with Gasteiger partial charge in [0.05, 0.1) is 18.1 Å². The zero-order valence-electron chi connectivity index (χ0n) is 17.0. The highest BCUT2D eigenvalue weighted by molar-refractivity contribution is 7.91. The van der Waals surface area contributed by atoms with Gasteiger partial charge < -0.3 is 9.64 Å². The molecule has 2 aromatic carbocycles. The largest absolute Gasteiger partial charge is 0.494 e. The van der Waals surface area contributed by atoms with E-state index in [9.17, 15) is 13.2 Å². The summed E-state index contributed by atoms with van der Waals surface area (Å²) < 4.78 is 29.6.